The standard InChI is InChI=1S/C42H12B2N4/c1-5-17-21-9-10-22-19-7-3-15-16-4-8-20-24-12-11-23-18-6-2-14-13(1)25-31(17)45-35(21)36(22)47-33(19)27(15)44-28(16)34(20)48-38(24)37(23)46-32(18)26(14)43(25)29-39(45)41(47)30(44)42(48)40(29)46/h1-12H. The Bertz CT molecular complexity index is 3610. The van der Waals surface area contributed by atoms with E-state index in [0.717, 1.165) is 0 Å². The number of hydrogen-bond donors (Lipinski definition) is 0. The van der Waals surface area contributed by atoms with Crippen molar-refractivity contribution in [2.75, 3.05) is 0 Å². The summed E-state index contributed by atoms with van der Waals surface area (Å²) in [4.78, 5) is 0. The van der Waals surface area contributed by atoms with E-state index in [1.807, 2.05) is 0 Å². The predicted octanol–water partition coefficient (Wildman–Crippen LogP) is 5.05. The maximum atomic E-state index is 2.78. The van der Waals surface area contributed by atoms with Gasteiger partial charge in [0.05, 0.1) is 66.2 Å². The van der Waals surface area contributed by atoms with Crippen LogP contribution in [0, 0.1) is 0 Å². The second kappa shape index (κ2) is 5.01. The van der Waals surface area contributed by atoms with Gasteiger partial charge in [0, 0.05) is 43.1 Å². The molecule has 0 spiro atoms. The molecule has 19 rings (SSSR count). The summed E-state index contributed by atoms with van der Waals surface area (Å²) in [6, 6.07) is 29.4. The van der Waals surface area contributed by atoms with Crippen molar-refractivity contribution >= 4 is 155 Å². The van der Waals surface area contributed by atoms with Crippen molar-refractivity contribution in [2.24, 2.45) is 0 Å². The highest BCUT2D eigenvalue weighted by atomic mass is 15.1. The average molecular weight is 594 g/mol. The van der Waals surface area contributed by atoms with E-state index in [-0.39, 0.29) is 13.4 Å². The topological polar surface area (TPSA) is 17.6 Å². The van der Waals surface area contributed by atoms with E-state index in [2.05, 4.69) is 90.4 Å². The minimum Gasteiger partial charge on any atom is -0.306 e. The number of benzene rings is 7. The molecule has 0 radical (unpaired) electrons. The van der Waals surface area contributed by atoms with Gasteiger partial charge in [-0.1, -0.05) is 72.8 Å². The van der Waals surface area contributed by atoms with E-state index in [0.29, 0.717) is 0 Å². The van der Waals surface area contributed by atoms with Crippen LogP contribution in [0.15, 0.2) is 72.8 Å². The predicted molar refractivity (Wildman–Crippen MR) is 200 cm³/mol. The number of aromatic nitrogens is 4. The van der Waals surface area contributed by atoms with Gasteiger partial charge in [0.1, 0.15) is 0 Å². The molecule has 0 N–H and O–H groups in total. The molecule has 0 amide bonds. The highest BCUT2D eigenvalue weighted by Gasteiger charge is 2.52. The minimum atomic E-state index is 0.248. The Hall–Kier alpha value is -6.13. The maximum Gasteiger partial charge on any atom is 0.254 e. The van der Waals surface area contributed by atoms with Crippen LogP contribution in [0.1, 0.15) is 0 Å². The first-order chi connectivity index (χ1) is 23.9. The molecule has 0 aliphatic carbocycles. The molecule has 0 unspecified atom stereocenters. The van der Waals surface area contributed by atoms with E-state index in [9.17, 15) is 0 Å². The van der Waals surface area contributed by atoms with E-state index in [4.69, 9.17) is 0 Å². The van der Waals surface area contributed by atoms with Crippen LogP contribution in [0.4, 0.5) is 0 Å². The SMILES string of the molecule is c1cc2c3ccc4c5ccc6c7c5n5c8c9c%10c%11c%12c8n(c2c2c1-c1ccc8c%13ccc%14c%15ccc-6c(c%15n%10c%14c%13n%11c8c1B2%12)B79)c3c45. The lowest BCUT2D eigenvalue weighted by molar-refractivity contribution is 1.24. The lowest BCUT2D eigenvalue weighted by Crippen LogP contribution is -2.59. The second-order valence-corrected chi connectivity index (χ2v) is 15.8. The largest absolute Gasteiger partial charge is 0.306 e. The van der Waals surface area contributed by atoms with Gasteiger partial charge in [0.25, 0.3) is 13.4 Å². The molecule has 0 fully saturated rings. The molecule has 6 aliphatic heterocycles. The molecule has 12 heterocycles. The van der Waals surface area contributed by atoms with E-state index >= 15 is 0 Å². The van der Waals surface area contributed by atoms with E-state index in [1.165, 1.54) is 132 Å². The van der Waals surface area contributed by atoms with Crippen molar-refractivity contribution in [3.63, 3.8) is 0 Å². The van der Waals surface area contributed by atoms with Gasteiger partial charge in [-0.15, -0.1) is 0 Å². The molecule has 13 aromatic rings. The van der Waals surface area contributed by atoms with Gasteiger partial charge >= 0.3 is 0 Å². The lowest BCUT2D eigenvalue weighted by atomic mass is 9.34. The Morgan fingerprint density at radius 2 is 0.458 bits per heavy atom. The minimum absolute atomic E-state index is 0.248. The zero-order valence-corrected chi connectivity index (χ0v) is 24.9. The van der Waals surface area contributed by atoms with Gasteiger partial charge < -0.3 is 17.6 Å². The molecular formula is C42H12B2N4. The first kappa shape index (κ1) is 19.5. The normalized spacial score (nSPS) is 16.2. The van der Waals surface area contributed by atoms with Crippen LogP contribution in [0.2, 0.25) is 0 Å². The van der Waals surface area contributed by atoms with Crippen molar-refractivity contribution in [1.82, 2.24) is 17.6 Å². The molecule has 7 aromatic carbocycles. The van der Waals surface area contributed by atoms with E-state index in [1.54, 1.807) is 32.8 Å². The van der Waals surface area contributed by atoms with Crippen LogP contribution in [-0.2, 0) is 0 Å². The first-order valence-electron chi connectivity index (χ1n) is 17.4. The van der Waals surface area contributed by atoms with Crippen LogP contribution in [-0.4, -0.2) is 31.0 Å². The van der Waals surface area contributed by atoms with Crippen LogP contribution >= 0.6 is 0 Å². The maximum absolute atomic E-state index is 2.78. The van der Waals surface area contributed by atoms with Crippen LogP contribution < -0.4 is 32.8 Å². The van der Waals surface area contributed by atoms with Crippen LogP contribution in [0.3, 0.4) is 0 Å². The van der Waals surface area contributed by atoms with Gasteiger partial charge in [0.2, 0.25) is 0 Å². The molecule has 6 aromatic heterocycles. The summed E-state index contributed by atoms with van der Waals surface area (Å²) in [6.45, 7) is 0.496. The van der Waals surface area contributed by atoms with Crippen molar-refractivity contribution in [3.8, 4) is 22.3 Å². The van der Waals surface area contributed by atoms with Gasteiger partial charge in [-0.2, -0.15) is 0 Å². The molecule has 206 valence electrons. The van der Waals surface area contributed by atoms with Gasteiger partial charge in [-0.3, -0.25) is 0 Å². The number of rotatable bonds is 0. The highest BCUT2D eigenvalue weighted by Crippen LogP contribution is 2.52. The molecule has 0 saturated heterocycles. The highest BCUT2D eigenvalue weighted by molar-refractivity contribution is 7.08. The Labute approximate surface area is 267 Å². The molecule has 48 heavy (non-hydrogen) atoms. The Kier molecular flexibility index (Phi) is 2.04. The number of nitrogens with zero attached hydrogens (tertiary/aromatic N) is 4. The van der Waals surface area contributed by atoms with Crippen LogP contribution in [0.5, 0.6) is 0 Å². The summed E-state index contributed by atoms with van der Waals surface area (Å²) < 4.78 is 11.1. The quantitative estimate of drug-likeness (QED) is 0.173. The summed E-state index contributed by atoms with van der Waals surface area (Å²) in [5, 5.41) is 11.2. The van der Waals surface area contributed by atoms with Gasteiger partial charge in [-0.25, -0.2) is 0 Å². The Morgan fingerprint density at radius 1 is 0.229 bits per heavy atom. The Balaban J connectivity index is 1.38. The first-order valence-corrected chi connectivity index (χ1v) is 17.4. The summed E-state index contributed by atoms with van der Waals surface area (Å²) in [6.07, 6.45) is 0. The smallest absolute Gasteiger partial charge is 0.254 e. The van der Waals surface area contributed by atoms with Crippen molar-refractivity contribution < 1.29 is 0 Å². The molecule has 0 bridgehead atoms. The molecular weight excluding hydrogens is 582 g/mol. The third-order valence-electron chi connectivity index (χ3n) is 14.8. The zero-order valence-electron chi connectivity index (χ0n) is 24.9. The summed E-state index contributed by atoms with van der Waals surface area (Å²) in [5.74, 6) is 0. The lowest BCUT2D eigenvalue weighted by Gasteiger charge is -2.34. The average Bonchev–Trinajstić information content (AvgIpc) is 3.94. The monoisotopic (exact) mass is 594 g/mol. The number of fused-ring (bicyclic) bond motifs is 6. The fourth-order valence-corrected chi connectivity index (χ4v) is 13.7. The second-order valence-electron chi connectivity index (χ2n) is 15.8. The van der Waals surface area contributed by atoms with Crippen molar-refractivity contribution in [3.05, 3.63) is 72.8 Å². The van der Waals surface area contributed by atoms with Crippen molar-refractivity contribution in [2.45, 2.75) is 0 Å². The summed E-state index contributed by atoms with van der Waals surface area (Å²) in [7, 11) is 0. The molecule has 0 saturated carbocycles. The Morgan fingerprint density at radius 3 is 0.729 bits per heavy atom. The third kappa shape index (κ3) is 1.29. The summed E-state index contributed by atoms with van der Waals surface area (Å²) in [5.41, 5.74) is 32.4. The van der Waals surface area contributed by atoms with Gasteiger partial charge in [-0.05, 0) is 55.0 Å². The number of hydrogen-bond acceptors (Lipinski definition) is 0. The molecule has 6 heteroatoms. The van der Waals surface area contributed by atoms with E-state index < -0.39 is 0 Å². The fourth-order valence-electron chi connectivity index (χ4n) is 13.7. The zero-order chi connectivity index (χ0) is 29.3. The molecule has 0 atom stereocenters. The molecule has 6 aliphatic rings. The van der Waals surface area contributed by atoms with Gasteiger partial charge in [0.15, 0.2) is 0 Å². The molecule has 4 nitrogen and oxygen atoms in total. The van der Waals surface area contributed by atoms with Crippen LogP contribution in [0.25, 0.3) is 132 Å². The summed E-state index contributed by atoms with van der Waals surface area (Å²) >= 11 is 0. The third-order valence-corrected chi connectivity index (χ3v) is 14.8. The fraction of sp³-hybridized carbons (Fsp3) is 0. The van der Waals surface area contributed by atoms with Crippen molar-refractivity contribution in [1.29, 1.82) is 0 Å².